The molecule has 2 rings (SSSR count). The summed E-state index contributed by atoms with van der Waals surface area (Å²) < 4.78 is 0. The summed E-state index contributed by atoms with van der Waals surface area (Å²) in [6, 6.07) is 10.8. The number of carbonyl (C=O) groups is 1. The Morgan fingerprint density at radius 2 is 1.89 bits per heavy atom. The van der Waals surface area contributed by atoms with Crippen LogP contribution >= 0.6 is 0 Å². The molecule has 2 heteroatoms. The van der Waals surface area contributed by atoms with Crippen molar-refractivity contribution in [1.82, 2.24) is 4.90 Å². The molecule has 1 aromatic carbocycles. The van der Waals surface area contributed by atoms with E-state index in [0.717, 1.165) is 18.5 Å². The highest BCUT2D eigenvalue weighted by Gasteiger charge is 2.37. The van der Waals surface area contributed by atoms with Gasteiger partial charge in [0.25, 0.3) is 0 Å². The standard InChI is InChI=1S/C17H25NO/c1-4-13(3)17(19)16(14-9-7-6-8-10-14)18(5-2)15-11-12-15/h6-10,13,15-16H,4-5,11-12H2,1-3H3/t13?,16-/m1/s1. The van der Waals surface area contributed by atoms with Crippen molar-refractivity contribution in [2.75, 3.05) is 6.54 Å². The predicted octanol–water partition coefficient (Wildman–Crippen LogP) is 3.83. The van der Waals surface area contributed by atoms with Gasteiger partial charge in [0.05, 0.1) is 6.04 Å². The zero-order valence-corrected chi connectivity index (χ0v) is 12.3. The summed E-state index contributed by atoms with van der Waals surface area (Å²) >= 11 is 0. The van der Waals surface area contributed by atoms with E-state index in [9.17, 15) is 4.79 Å². The van der Waals surface area contributed by atoms with E-state index in [1.54, 1.807) is 0 Å². The van der Waals surface area contributed by atoms with Crippen LogP contribution in [0.15, 0.2) is 30.3 Å². The molecule has 1 unspecified atom stereocenters. The summed E-state index contributed by atoms with van der Waals surface area (Å²) in [5.41, 5.74) is 1.15. The summed E-state index contributed by atoms with van der Waals surface area (Å²) in [5.74, 6) is 0.514. The van der Waals surface area contributed by atoms with Crippen molar-refractivity contribution in [2.45, 2.75) is 52.1 Å². The lowest BCUT2D eigenvalue weighted by atomic mass is 9.91. The van der Waals surface area contributed by atoms with Crippen LogP contribution in [0.3, 0.4) is 0 Å². The smallest absolute Gasteiger partial charge is 0.157 e. The van der Waals surface area contributed by atoms with E-state index in [1.807, 2.05) is 18.2 Å². The molecule has 1 fully saturated rings. The highest BCUT2D eigenvalue weighted by atomic mass is 16.1. The fraction of sp³-hybridized carbons (Fsp3) is 0.588. The number of rotatable bonds is 7. The van der Waals surface area contributed by atoms with E-state index in [4.69, 9.17) is 0 Å². The zero-order chi connectivity index (χ0) is 13.8. The molecule has 1 saturated carbocycles. The number of hydrogen-bond acceptors (Lipinski definition) is 2. The van der Waals surface area contributed by atoms with Crippen LogP contribution in [0.25, 0.3) is 0 Å². The Kier molecular flexibility index (Phi) is 4.76. The van der Waals surface area contributed by atoms with Crippen LogP contribution < -0.4 is 0 Å². The van der Waals surface area contributed by atoms with Crippen molar-refractivity contribution >= 4 is 5.78 Å². The number of likely N-dealkylation sites (N-methyl/N-ethyl adjacent to an activating group) is 1. The maximum Gasteiger partial charge on any atom is 0.157 e. The summed E-state index contributed by atoms with van der Waals surface area (Å²) in [6.07, 6.45) is 3.40. The SMILES string of the molecule is CCC(C)C(=O)[C@@H](c1ccccc1)N(CC)C1CC1. The molecule has 1 aliphatic rings. The molecule has 2 nitrogen and oxygen atoms in total. The van der Waals surface area contributed by atoms with Crippen LogP contribution in [0.1, 0.15) is 51.6 Å². The average Bonchev–Trinajstić information content (AvgIpc) is 3.28. The lowest BCUT2D eigenvalue weighted by molar-refractivity contribution is -0.128. The molecule has 0 saturated heterocycles. The fourth-order valence-corrected chi connectivity index (χ4v) is 2.68. The average molecular weight is 259 g/mol. The third-order valence-electron chi connectivity index (χ3n) is 4.20. The van der Waals surface area contributed by atoms with Gasteiger partial charge in [0.15, 0.2) is 5.78 Å². The maximum absolute atomic E-state index is 12.8. The predicted molar refractivity (Wildman–Crippen MR) is 79.0 cm³/mol. The van der Waals surface area contributed by atoms with Gasteiger partial charge in [-0.1, -0.05) is 51.1 Å². The van der Waals surface area contributed by atoms with Crippen LogP contribution in [-0.2, 0) is 4.79 Å². The monoisotopic (exact) mass is 259 g/mol. The first-order chi connectivity index (χ1) is 9.19. The molecule has 1 aromatic rings. The van der Waals surface area contributed by atoms with Crippen molar-refractivity contribution in [1.29, 1.82) is 0 Å². The third-order valence-corrected chi connectivity index (χ3v) is 4.20. The first-order valence-corrected chi connectivity index (χ1v) is 7.53. The Hall–Kier alpha value is -1.15. The minimum Gasteiger partial charge on any atom is -0.297 e. The highest BCUT2D eigenvalue weighted by Crippen LogP contribution is 2.36. The molecule has 2 atom stereocenters. The molecule has 1 aliphatic carbocycles. The maximum atomic E-state index is 12.8. The number of Topliss-reactive ketones (excluding diaryl/α,β-unsaturated/α-hetero) is 1. The van der Waals surface area contributed by atoms with Crippen LogP contribution in [0.2, 0.25) is 0 Å². The van der Waals surface area contributed by atoms with E-state index in [-0.39, 0.29) is 12.0 Å². The number of ketones is 1. The van der Waals surface area contributed by atoms with Crippen molar-refractivity contribution < 1.29 is 4.79 Å². The summed E-state index contributed by atoms with van der Waals surface area (Å²) in [5, 5.41) is 0. The topological polar surface area (TPSA) is 20.3 Å². The molecule has 19 heavy (non-hydrogen) atoms. The van der Waals surface area contributed by atoms with Gasteiger partial charge in [-0.25, -0.2) is 0 Å². The van der Waals surface area contributed by atoms with Crippen LogP contribution in [0.4, 0.5) is 0 Å². The molecule has 0 spiro atoms. The number of benzene rings is 1. The second kappa shape index (κ2) is 6.33. The van der Waals surface area contributed by atoms with Gasteiger partial charge in [0, 0.05) is 12.0 Å². The Morgan fingerprint density at radius 3 is 2.37 bits per heavy atom. The molecule has 0 N–H and O–H groups in total. The van der Waals surface area contributed by atoms with Gasteiger partial charge in [-0.15, -0.1) is 0 Å². The molecular weight excluding hydrogens is 234 g/mol. The van der Waals surface area contributed by atoms with Crippen molar-refractivity contribution in [3.05, 3.63) is 35.9 Å². The molecule has 0 amide bonds. The summed E-state index contributed by atoms with van der Waals surface area (Å²) in [4.78, 5) is 15.2. The molecule has 0 heterocycles. The molecular formula is C17H25NO. The van der Waals surface area contributed by atoms with Crippen molar-refractivity contribution in [2.24, 2.45) is 5.92 Å². The Balaban J connectivity index is 2.29. The Morgan fingerprint density at radius 1 is 1.26 bits per heavy atom. The van der Waals surface area contributed by atoms with Gasteiger partial charge in [0.1, 0.15) is 0 Å². The molecule has 104 valence electrons. The number of carbonyl (C=O) groups excluding carboxylic acids is 1. The van der Waals surface area contributed by atoms with Gasteiger partial charge in [-0.3, -0.25) is 9.69 Å². The fourth-order valence-electron chi connectivity index (χ4n) is 2.68. The van der Waals surface area contributed by atoms with Gasteiger partial charge in [-0.05, 0) is 31.4 Å². The van der Waals surface area contributed by atoms with Gasteiger partial charge >= 0.3 is 0 Å². The zero-order valence-electron chi connectivity index (χ0n) is 12.3. The molecule has 0 bridgehead atoms. The second-order valence-corrected chi connectivity index (χ2v) is 5.59. The van der Waals surface area contributed by atoms with Crippen molar-refractivity contribution in [3.63, 3.8) is 0 Å². The van der Waals surface area contributed by atoms with Gasteiger partial charge < -0.3 is 0 Å². The molecule has 0 radical (unpaired) electrons. The Labute approximate surface area is 116 Å². The van der Waals surface area contributed by atoms with E-state index in [2.05, 4.69) is 37.8 Å². The summed E-state index contributed by atoms with van der Waals surface area (Å²) in [6.45, 7) is 7.27. The third kappa shape index (κ3) is 3.24. The van der Waals surface area contributed by atoms with Gasteiger partial charge in [-0.2, -0.15) is 0 Å². The number of hydrogen-bond donors (Lipinski definition) is 0. The number of nitrogens with zero attached hydrogens (tertiary/aromatic N) is 1. The first-order valence-electron chi connectivity index (χ1n) is 7.53. The normalized spacial score (nSPS) is 18.3. The van der Waals surface area contributed by atoms with Crippen LogP contribution in [0, 0.1) is 5.92 Å². The lowest BCUT2D eigenvalue weighted by Crippen LogP contribution is -2.38. The largest absolute Gasteiger partial charge is 0.297 e. The second-order valence-electron chi connectivity index (χ2n) is 5.59. The van der Waals surface area contributed by atoms with E-state index in [0.29, 0.717) is 11.8 Å². The Bertz CT molecular complexity index is 411. The van der Waals surface area contributed by atoms with Crippen molar-refractivity contribution in [3.8, 4) is 0 Å². The first kappa shape index (κ1) is 14.3. The highest BCUT2D eigenvalue weighted by molar-refractivity contribution is 5.87. The minimum absolute atomic E-state index is 0.0475. The summed E-state index contributed by atoms with van der Waals surface area (Å²) in [7, 11) is 0. The van der Waals surface area contributed by atoms with E-state index < -0.39 is 0 Å². The van der Waals surface area contributed by atoms with Gasteiger partial charge in [0.2, 0.25) is 0 Å². The van der Waals surface area contributed by atoms with E-state index in [1.165, 1.54) is 12.8 Å². The van der Waals surface area contributed by atoms with Crippen LogP contribution in [-0.4, -0.2) is 23.3 Å². The molecule has 0 aromatic heterocycles. The lowest BCUT2D eigenvalue weighted by Gasteiger charge is -2.31. The van der Waals surface area contributed by atoms with E-state index >= 15 is 0 Å². The molecule has 0 aliphatic heterocycles. The minimum atomic E-state index is -0.0475. The van der Waals surface area contributed by atoms with Crippen LogP contribution in [0.5, 0.6) is 0 Å². The quantitative estimate of drug-likeness (QED) is 0.741.